The van der Waals surface area contributed by atoms with Crippen LogP contribution in [0.25, 0.3) is 17.0 Å². The van der Waals surface area contributed by atoms with Gasteiger partial charge in [-0.1, -0.05) is 43.2 Å². The molecule has 1 aliphatic heterocycles. The summed E-state index contributed by atoms with van der Waals surface area (Å²) in [5.74, 6) is -0.146. The molecular weight excluding hydrogens is 445 g/mol. The van der Waals surface area contributed by atoms with Crippen molar-refractivity contribution in [3.8, 4) is 11.5 Å². The monoisotopic (exact) mass is 472 g/mol. The smallest absolute Gasteiger partial charge is 0.351 e. The molecule has 35 heavy (non-hydrogen) atoms. The average molecular weight is 473 g/mol. The van der Waals surface area contributed by atoms with Crippen molar-refractivity contribution in [2.24, 2.45) is 5.92 Å². The predicted octanol–water partition coefficient (Wildman–Crippen LogP) is 3.64. The van der Waals surface area contributed by atoms with E-state index in [-0.39, 0.29) is 29.2 Å². The number of rotatable bonds is 3. The molecule has 6 rings (SSSR count). The van der Waals surface area contributed by atoms with Crippen LogP contribution >= 0.6 is 0 Å². The van der Waals surface area contributed by atoms with Crippen LogP contribution < -0.4 is 4.40 Å². The summed E-state index contributed by atoms with van der Waals surface area (Å²) in [5, 5.41) is 11.9. The molecule has 1 aromatic carbocycles. The topological polar surface area (TPSA) is 86.2 Å². The Kier molecular flexibility index (Phi) is 5.33. The van der Waals surface area contributed by atoms with Crippen molar-refractivity contribution < 1.29 is 18.7 Å². The number of nitrogens with zero attached hydrogens (tertiary/aromatic N) is 4. The quantitative estimate of drug-likeness (QED) is 0.446. The van der Waals surface area contributed by atoms with Gasteiger partial charge in [-0.15, -0.1) is 0 Å². The average Bonchev–Trinajstić information content (AvgIpc) is 3.31. The highest BCUT2D eigenvalue weighted by Crippen LogP contribution is 2.47. The van der Waals surface area contributed by atoms with Crippen LogP contribution in [-0.2, 0) is 5.60 Å². The Balaban J connectivity index is 1.41. The van der Waals surface area contributed by atoms with E-state index in [9.17, 15) is 14.3 Å². The zero-order valence-electron chi connectivity index (χ0n) is 19.3. The maximum absolute atomic E-state index is 15.0. The minimum absolute atomic E-state index is 0.0590. The molecule has 0 spiro atoms. The van der Waals surface area contributed by atoms with Crippen molar-refractivity contribution in [1.82, 2.24) is 19.9 Å². The summed E-state index contributed by atoms with van der Waals surface area (Å²) in [5.41, 5.74) is 0.544. The minimum atomic E-state index is -0.969. The number of amides is 1. The Hall–Kier alpha value is -3.65. The van der Waals surface area contributed by atoms with Crippen LogP contribution in [0, 0.1) is 11.7 Å². The van der Waals surface area contributed by atoms with Gasteiger partial charge in [0.25, 0.3) is 0 Å². The van der Waals surface area contributed by atoms with Gasteiger partial charge in [0.05, 0.1) is 11.8 Å². The fraction of sp³-hybridized carbons (Fsp3) is 0.333. The molecule has 0 unspecified atom stereocenters. The summed E-state index contributed by atoms with van der Waals surface area (Å²) >= 11 is 0. The molecule has 0 radical (unpaired) electrons. The maximum atomic E-state index is 15.0. The third kappa shape index (κ3) is 3.51. The summed E-state index contributed by atoms with van der Waals surface area (Å²) in [6.07, 6.45) is 9.03. The van der Waals surface area contributed by atoms with Crippen LogP contribution in [0.15, 0.2) is 67.1 Å². The van der Waals surface area contributed by atoms with E-state index in [0.717, 1.165) is 31.2 Å². The highest BCUT2D eigenvalue weighted by atomic mass is 19.1. The highest BCUT2D eigenvalue weighted by Gasteiger charge is 2.51. The zero-order valence-corrected chi connectivity index (χ0v) is 19.3. The molecule has 4 aromatic rings. The second-order valence-electron chi connectivity index (χ2n) is 9.49. The molecule has 2 fully saturated rings. The number of H-pyrrole nitrogens is 1. The number of pyridine rings is 1. The van der Waals surface area contributed by atoms with Crippen LogP contribution in [0.1, 0.15) is 48.3 Å². The molecule has 2 N–H and O–H groups in total. The van der Waals surface area contributed by atoms with Crippen molar-refractivity contribution in [2.75, 3.05) is 6.54 Å². The van der Waals surface area contributed by atoms with E-state index in [1.807, 2.05) is 35.2 Å². The van der Waals surface area contributed by atoms with Crippen molar-refractivity contribution in [1.29, 1.82) is 0 Å². The van der Waals surface area contributed by atoms with E-state index in [0.29, 0.717) is 24.5 Å². The van der Waals surface area contributed by atoms with Crippen molar-refractivity contribution in [2.45, 2.75) is 43.7 Å². The minimum Gasteiger partial charge on any atom is -0.385 e. The lowest BCUT2D eigenvalue weighted by molar-refractivity contribution is -0.515. The lowest BCUT2D eigenvalue weighted by atomic mass is 9.66. The van der Waals surface area contributed by atoms with Crippen LogP contribution in [0.2, 0.25) is 0 Å². The molecule has 1 aliphatic carbocycles. The first-order valence-corrected chi connectivity index (χ1v) is 12.2. The van der Waals surface area contributed by atoms with Gasteiger partial charge in [0, 0.05) is 30.9 Å². The number of aliphatic hydroxyl groups is 1. The van der Waals surface area contributed by atoms with E-state index in [1.54, 1.807) is 35.1 Å². The zero-order chi connectivity index (χ0) is 24.0. The normalized spacial score (nSPS) is 24.3. The summed E-state index contributed by atoms with van der Waals surface area (Å²) in [7, 11) is 0. The number of hydrogen-bond acceptors (Lipinski definition) is 4. The molecule has 8 heteroatoms. The van der Waals surface area contributed by atoms with Gasteiger partial charge in [0.1, 0.15) is 0 Å². The van der Waals surface area contributed by atoms with Crippen LogP contribution in [0.5, 0.6) is 0 Å². The number of fused-ring (bicyclic) bond motifs is 2. The van der Waals surface area contributed by atoms with Gasteiger partial charge in [-0.05, 0) is 43.0 Å². The number of aromatic nitrogens is 4. The van der Waals surface area contributed by atoms with Crippen LogP contribution in [-0.4, -0.2) is 43.5 Å². The lowest BCUT2D eigenvalue weighted by Crippen LogP contribution is -2.59. The number of carbonyl (C=O) groups excluding carboxylic acids is 1. The van der Waals surface area contributed by atoms with Crippen LogP contribution in [0.4, 0.5) is 4.39 Å². The lowest BCUT2D eigenvalue weighted by Gasteiger charge is -2.52. The van der Waals surface area contributed by atoms with Gasteiger partial charge in [0.15, 0.2) is 5.82 Å². The Bertz CT molecular complexity index is 1380. The van der Waals surface area contributed by atoms with Crippen molar-refractivity contribution >= 4 is 11.4 Å². The summed E-state index contributed by atoms with van der Waals surface area (Å²) in [6, 6.07) is 14.3. The SMILES string of the molecule is O=C(c1[nH]c(-c2ncccn2)c2c(F)ccc[n+]12)N1CC[C@](O)(c2ccccc2)[C@H]2CCCC[C@H]21. The Labute approximate surface area is 202 Å². The number of piperidine rings is 1. The van der Waals surface area contributed by atoms with Gasteiger partial charge >= 0.3 is 11.7 Å². The van der Waals surface area contributed by atoms with Gasteiger partial charge in [-0.25, -0.2) is 19.3 Å². The van der Waals surface area contributed by atoms with E-state index < -0.39 is 11.4 Å². The number of halogens is 1. The third-order valence-electron chi connectivity index (χ3n) is 7.67. The Morgan fingerprint density at radius 2 is 1.86 bits per heavy atom. The molecule has 0 bridgehead atoms. The summed E-state index contributed by atoms with van der Waals surface area (Å²) in [6.45, 7) is 0.416. The number of aromatic amines is 1. The Morgan fingerprint density at radius 1 is 1.09 bits per heavy atom. The molecule has 3 aromatic heterocycles. The second-order valence-corrected chi connectivity index (χ2v) is 9.49. The second kappa shape index (κ2) is 8.53. The largest absolute Gasteiger partial charge is 0.385 e. The molecule has 1 saturated heterocycles. The maximum Gasteiger partial charge on any atom is 0.351 e. The van der Waals surface area contributed by atoms with Crippen molar-refractivity contribution in [3.05, 3.63) is 84.3 Å². The number of hydrogen-bond donors (Lipinski definition) is 2. The van der Waals surface area contributed by atoms with Gasteiger partial charge < -0.3 is 10.0 Å². The molecule has 2 aliphatic rings. The first-order chi connectivity index (χ1) is 17.1. The molecule has 7 nitrogen and oxygen atoms in total. The number of likely N-dealkylation sites (tertiary alicyclic amines) is 1. The Morgan fingerprint density at radius 3 is 2.66 bits per heavy atom. The molecule has 4 heterocycles. The van der Waals surface area contributed by atoms with Crippen molar-refractivity contribution in [3.63, 3.8) is 0 Å². The molecule has 1 amide bonds. The predicted molar refractivity (Wildman–Crippen MR) is 127 cm³/mol. The van der Waals surface area contributed by atoms with E-state index in [1.165, 1.54) is 6.07 Å². The van der Waals surface area contributed by atoms with Crippen LogP contribution in [0.3, 0.4) is 0 Å². The fourth-order valence-corrected chi connectivity index (χ4v) is 6.05. The fourth-order valence-electron chi connectivity index (χ4n) is 6.05. The first-order valence-electron chi connectivity index (χ1n) is 12.2. The molecular formula is C27H27FN5O2+. The number of nitrogens with one attached hydrogen (secondary N) is 1. The first kappa shape index (κ1) is 21.9. The molecule has 3 atom stereocenters. The summed E-state index contributed by atoms with van der Waals surface area (Å²) < 4.78 is 16.5. The standard InChI is InChI=1S/C27H26FN5O2/c28-20-11-6-16-33-23(20)22(24-29-14-7-15-30-24)31-25(33)26(34)32-17-13-27(35,18-8-2-1-3-9-18)19-10-4-5-12-21(19)32/h1-3,6-9,11,14-16,19,21,35H,4-5,10,12-13,17H2/p+1/t19-,21+,27-/m0/s1. The number of carbonyl (C=O) groups is 1. The van der Waals surface area contributed by atoms with Gasteiger partial charge in [-0.3, -0.25) is 4.79 Å². The van der Waals surface area contributed by atoms with Gasteiger partial charge in [-0.2, -0.15) is 4.40 Å². The molecule has 178 valence electrons. The van der Waals surface area contributed by atoms with E-state index in [2.05, 4.69) is 15.0 Å². The molecule has 1 saturated carbocycles. The highest BCUT2D eigenvalue weighted by molar-refractivity contribution is 5.91. The van der Waals surface area contributed by atoms with Gasteiger partial charge in [0.2, 0.25) is 17.0 Å². The number of benzene rings is 1. The van der Waals surface area contributed by atoms with E-state index in [4.69, 9.17) is 0 Å². The number of imidazole rings is 1. The van der Waals surface area contributed by atoms with E-state index >= 15 is 0 Å². The summed E-state index contributed by atoms with van der Waals surface area (Å²) in [4.78, 5) is 27.5. The third-order valence-corrected chi connectivity index (χ3v) is 7.67.